The van der Waals surface area contributed by atoms with Gasteiger partial charge in [-0.2, -0.15) is 0 Å². The van der Waals surface area contributed by atoms with Crippen molar-refractivity contribution < 1.29 is 19.5 Å². The van der Waals surface area contributed by atoms with E-state index in [4.69, 9.17) is 44.7 Å². The molecule has 0 aliphatic carbocycles. The summed E-state index contributed by atoms with van der Waals surface area (Å²) in [6.45, 7) is 0. The molecule has 0 bridgehead atoms. The second-order valence-corrected chi connectivity index (χ2v) is 6.30. The monoisotopic (exact) mass is 366 g/mol. The first kappa shape index (κ1) is 14.8. The van der Waals surface area contributed by atoms with Gasteiger partial charge in [-0.05, 0) is 15.9 Å². The minimum Gasteiger partial charge on any atom is -0.480 e. The number of carboxylic acids is 1. The Kier molecular flexibility index (Phi) is 4.88. The molecule has 0 saturated carbocycles. The van der Waals surface area contributed by atoms with Crippen molar-refractivity contribution in [2.75, 3.05) is 0 Å². The number of carbonyl (C=O) groups excluding carboxylic acids is 1. The molecule has 1 aliphatic rings. The van der Waals surface area contributed by atoms with Crippen LogP contribution < -0.4 is 5.32 Å². The molecule has 2 unspecified atom stereocenters. The van der Waals surface area contributed by atoms with Gasteiger partial charge in [0, 0.05) is 6.42 Å². The fourth-order valence-corrected chi connectivity index (χ4v) is 1.65. The Morgan fingerprint density at radius 1 is 1.59 bits per heavy atom. The lowest BCUT2D eigenvalue weighted by Gasteiger charge is -2.21. The van der Waals surface area contributed by atoms with E-state index in [1.54, 1.807) is 0 Å². The van der Waals surface area contributed by atoms with Crippen molar-refractivity contribution in [1.82, 2.24) is 5.32 Å². The highest BCUT2D eigenvalue weighted by molar-refractivity contribution is 9.18. The summed E-state index contributed by atoms with van der Waals surface area (Å²) >= 11 is 19.0. The number of nitrogens with one attached hydrogen (secondary N) is 1. The van der Waals surface area contributed by atoms with E-state index in [0.29, 0.717) is 4.62 Å². The summed E-state index contributed by atoms with van der Waals surface area (Å²) in [6, 6.07) is -1.35. The number of hydrogen-bond acceptors (Lipinski definition) is 4. The van der Waals surface area contributed by atoms with Gasteiger partial charge in [-0.3, -0.25) is 4.79 Å². The van der Waals surface area contributed by atoms with Crippen LogP contribution in [0.3, 0.4) is 0 Å². The van der Waals surface area contributed by atoms with Gasteiger partial charge in [0.15, 0.2) is 12.1 Å². The quantitative estimate of drug-likeness (QED) is 0.738. The fourth-order valence-electron chi connectivity index (χ4n) is 1.08. The zero-order chi connectivity index (χ0) is 13.2. The molecule has 0 fully saturated rings. The van der Waals surface area contributed by atoms with E-state index in [1.165, 1.54) is 0 Å². The summed E-state index contributed by atoms with van der Waals surface area (Å²) in [5.74, 6) is -2.35. The molecule has 17 heavy (non-hydrogen) atoms. The SMILES string of the molecule is O=C(O)C(NC(=O)C(Cl)(Cl)Cl)C1CC(Br)=NO1. The van der Waals surface area contributed by atoms with Gasteiger partial charge in [-0.15, -0.1) is 0 Å². The van der Waals surface area contributed by atoms with Crippen molar-refractivity contribution in [3.8, 4) is 0 Å². The van der Waals surface area contributed by atoms with Gasteiger partial charge >= 0.3 is 5.97 Å². The van der Waals surface area contributed by atoms with Crippen molar-refractivity contribution in [2.24, 2.45) is 5.16 Å². The molecule has 1 amide bonds. The molecule has 96 valence electrons. The molecule has 1 heterocycles. The summed E-state index contributed by atoms with van der Waals surface area (Å²) in [5.41, 5.74) is 0. The molecule has 0 saturated heterocycles. The van der Waals surface area contributed by atoms with Crippen LogP contribution >= 0.6 is 50.7 Å². The lowest BCUT2D eigenvalue weighted by Crippen LogP contribution is -2.51. The van der Waals surface area contributed by atoms with Crippen molar-refractivity contribution in [2.45, 2.75) is 22.4 Å². The van der Waals surface area contributed by atoms with E-state index >= 15 is 0 Å². The Bertz CT molecular complexity index is 371. The van der Waals surface area contributed by atoms with Gasteiger partial charge in [0.25, 0.3) is 9.70 Å². The Morgan fingerprint density at radius 2 is 2.18 bits per heavy atom. The van der Waals surface area contributed by atoms with Crippen LogP contribution in [-0.4, -0.2) is 37.5 Å². The zero-order valence-electron chi connectivity index (χ0n) is 7.99. The number of carboxylic acid groups (broad SMARTS) is 1. The lowest BCUT2D eigenvalue weighted by molar-refractivity contribution is -0.145. The topological polar surface area (TPSA) is 88.0 Å². The van der Waals surface area contributed by atoms with Crippen LogP contribution in [0, 0.1) is 0 Å². The van der Waals surface area contributed by atoms with Gasteiger partial charge in [0.05, 0.1) is 0 Å². The number of hydrogen-bond donors (Lipinski definition) is 2. The Morgan fingerprint density at radius 3 is 2.53 bits per heavy atom. The molecule has 0 aromatic rings. The Balaban J connectivity index is 2.69. The molecule has 2 atom stereocenters. The van der Waals surface area contributed by atoms with Crippen LogP contribution in [-0.2, 0) is 14.4 Å². The molecular weight excluding hydrogens is 362 g/mol. The highest BCUT2D eigenvalue weighted by Gasteiger charge is 2.40. The molecule has 1 rings (SSSR count). The maximum Gasteiger partial charge on any atom is 0.330 e. The second kappa shape index (κ2) is 5.60. The average Bonchev–Trinajstić information content (AvgIpc) is 2.58. The third-order valence-electron chi connectivity index (χ3n) is 1.84. The van der Waals surface area contributed by atoms with Crippen LogP contribution in [0.4, 0.5) is 0 Å². The number of nitrogens with zero attached hydrogens (tertiary/aromatic N) is 1. The van der Waals surface area contributed by atoms with E-state index in [2.05, 4.69) is 26.4 Å². The van der Waals surface area contributed by atoms with E-state index in [1.807, 2.05) is 0 Å². The largest absolute Gasteiger partial charge is 0.480 e. The first-order valence-corrected chi connectivity index (χ1v) is 6.13. The first-order chi connectivity index (χ1) is 7.71. The van der Waals surface area contributed by atoms with E-state index in [0.717, 1.165) is 0 Å². The number of carbonyl (C=O) groups is 2. The Hall–Kier alpha value is -0.240. The van der Waals surface area contributed by atoms with Gasteiger partial charge in [0.2, 0.25) is 0 Å². The maximum atomic E-state index is 11.3. The summed E-state index contributed by atoms with van der Waals surface area (Å²) < 4.78 is -1.79. The van der Waals surface area contributed by atoms with Crippen molar-refractivity contribution in [3.63, 3.8) is 0 Å². The average molecular weight is 368 g/mol. The molecule has 0 aromatic carbocycles. The molecule has 1 aliphatic heterocycles. The summed E-state index contributed by atoms with van der Waals surface area (Å²) in [5, 5.41) is 14.5. The van der Waals surface area contributed by atoms with Crippen molar-refractivity contribution in [3.05, 3.63) is 0 Å². The molecule has 2 N–H and O–H groups in total. The van der Waals surface area contributed by atoms with E-state index in [-0.39, 0.29) is 6.42 Å². The highest BCUT2D eigenvalue weighted by atomic mass is 79.9. The van der Waals surface area contributed by atoms with Crippen LogP contribution in [0.15, 0.2) is 5.16 Å². The molecule has 10 heteroatoms. The number of oxime groups is 1. The lowest BCUT2D eigenvalue weighted by atomic mass is 10.1. The summed E-state index contributed by atoms with van der Waals surface area (Å²) in [6.07, 6.45) is -0.643. The molecule has 0 radical (unpaired) electrons. The first-order valence-electron chi connectivity index (χ1n) is 4.20. The van der Waals surface area contributed by atoms with Crippen LogP contribution in [0.1, 0.15) is 6.42 Å². The van der Waals surface area contributed by atoms with Crippen LogP contribution in [0.5, 0.6) is 0 Å². The number of alkyl halides is 3. The number of amides is 1. The van der Waals surface area contributed by atoms with Gasteiger partial charge in [-0.25, -0.2) is 4.79 Å². The number of rotatable bonds is 3. The summed E-state index contributed by atoms with van der Waals surface area (Å²) in [7, 11) is 0. The minimum atomic E-state index is -2.23. The van der Waals surface area contributed by atoms with Crippen molar-refractivity contribution >= 4 is 67.2 Å². The van der Waals surface area contributed by atoms with Gasteiger partial charge in [-0.1, -0.05) is 40.0 Å². The smallest absolute Gasteiger partial charge is 0.330 e. The molecule has 0 spiro atoms. The molecule has 0 aromatic heterocycles. The van der Waals surface area contributed by atoms with Crippen LogP contribution in [0.25, 0.3) is 0 Å². The third kappa shape index (κ3) is 4.17. The molecular formula is C7H6BrCl3N2O4. The van der Waals surface area contributed by atoms with Crippen LogP contribution in [0.2, 0.25) is 0 Å². The highest BCUT2D eigenvalue weighted by Crippen LogP contribution is 2.27. The maximum absolute atomic E-state index is 11.3. The Labute approximate surface area is 119 Å². The minimum absolute atomic E-state index is 0.205. The van der Waals surface area contributed by atoms with E-state index < -0.39 is 27.8 Å². The fraction of sp³-hybridized carbons (Fsp3) is 0.571. The van der Waals surface area contributed by atoms with Gasteiger partial charge < -0.3 is 15.3 Å². The third-order valence-corrected chi connectivity index (χ3v) is 2.82. The standard InChI is InChI=1S/C7H6BrCl3N2O4/c8-3-1-2(17-13-3)4(5(14)15)12-6(16)7(9,10)11/h2,4H,1H2,(H,12,16)(H,14,15). The normalized spacial score (nSPS) is 21.4. The van der Waals surface area contributed by atoms with E-state index in [9.17, 15) is 9.59 Å². The number of halogens is 4. The second-order valence-electron chi connectivity index (χ2n) is 3.10. The summed E-state index contributed by atoms with van der Waals surface area (Å²) in [4.78, 5) is 27.1. The molecule has 6 nitrogen and oxygen atoms in total. The predicted molar refractivity (Wildman–Crippen MR) is 65.7 cm³/mol. The number of aliphatic carboxylic acids is 1. The zero-order valence-corrected chi connectivity index (χ0v) is 11.8. The van der Waals surface area contributed by atoms with Crippen molar-refractivity contribution in [1.29, 1.82) is 0 Å². The van der Waals surface area contributed by atoms with Gasteiger partial charge in [0.1, 0.15) is 4.62 Å². The predicted octanol–water partition coefficient (Wildman–Crippen LogP) is 1.42.